The molecule has 3 rings (SSSR count). The lowest BCUT2D eigenvalue weighted by Gasteiger charge is -2.60. The predicted molar refractivity (Wildman–Crippen MR) is 160 cm³/mol. The number of rotatable bonds is 7. The van der Waals surface area contributed by atoms with Crippen molar-refractivity contribution in [3.8, 4) is 6.07 Å². The lowest BCUT2D eigenvalue weighted by Crippen LogP contribution is -2.59. The highest BCUT2D eigenvalue weighted by molar-refractivity contribution is 6.02. The third kappa shape index (κ3) is 5.68. The smallest absolute Gasteiger partial charge is 0.315 e. The average Bonchev–Trinajstić information content (AvgIpc) is 2.84. The van der Waals surface area contributed by atoms with Crippen LogP contribution in [0.2, 0.25) is 0 Å². The first kappa shape index (κ1) is 32.1. The zero-order valence-corrected chi connectivity index (χ0v) is 26.7. The number of carbonyl (C=O) groups excluding carboxylic acids is 3. The monoisotopic (exact) mass is 551 g/mol. The minimum Gasteiger partial charge on any atom is -0.338 e. The van der Waals surface area contributed by atoms with Gasteiger partial charge in [0.05, 0.1) is 5.57 Å². The lowest BCUT2D eigenvalue weighted by atomic mass is 9.44. The summed E-state index contributed by atoms with van der Waals surface area (Å²) < 4.78 is 0. The molecule has 0 heterocycles. The Morgan fingerprint density at radius 1 is 1.15 bits per heavy atom. The summed E-state index contributed by atoms with van der Waals surface area (Å²) in [5.74, 6) is 0.0336. The fourth-order valence-electron chi connectivity index (χ4n) is 8.53. The molecule has 0 aromatic carbocycles. The number of nitrogens with one attached hydrogen (secondary N) is 2. The highest BCUT2D eigenvalue weighted by Crippen LogP contribution is 2.65. The molecule has 3 aliphatic rings. The van der Waals surface area contributed by atoms with E-state index in [2.05, 4.69) is 65.2 Å². The molecule has 2 fully saturated rings. The van der Waals surface area contributed by atoms with E-state index in [-0.39, 0.29) is 56.8 Å². The maximum atomic E-state index is 12.9. The molecule has 3 aliphatic carbocycles. The summed E-state index contributed by atoms with van der Waals surface area (Å²) >= 11 is 0. The number of allylic oxidation sites excluding steroid dienone is 4. The highest BCUT2D eigenvalue weighted by atomic mass is 16.2. The predicted octanol–water partition coefficient (Wildman–Crippen LogP) is 7.30. The van der Waals surface area contributed by atoms with Crippen LogP contribution in [0.1, 0.15) is 114 Å². The molecule has 40 heavy (non-hydrogen) atoms. The Morgan fingerprint density at radius 2 is 1.80 bits per heavy atom. The van der Waals surface area contributed by atoms with Crippen LogP contribution in [0.5, 0.6) is 0 Å². The summed E-state index contributed by atoms with van der Waals surface area (Å²) in [7, 11) is 0. The van der Waals surface area contributed by atoms with Crippen LogP contribution in [0.3, 0.4) is 0 Å². The fraction of sp³-hybridized carbons (Fsp3) is 0.765. The summed E-state index contributed by atoms with van der Waals surface area (Å²) in [6.45, 7) is 22.0. The van der Waals surface area contributed by atoms with Crippen LogP contribution in [0.15, 0.2) is 23.3 Å². The van der Waals surface area contributed by atoms with Gasteiger partial charge in [0.2, 0.25) is 0 Å². The Kier molecular flexibility index (Phi) is 8.91. The Bertz CT molecular complexity index is 1140. The average molecular weight is 552 g/mol. The number of fused-ring (bicyclic) bond motifs is 1. The maximum Gasteiger partial charge on any atom is 0.315 e. The van der Waals surface area contributed by atoms with Gasteiger partial charge in [-0.3, -0.25) is 9.59 Å². The Balaban J connectivity index is 2.03. The van der Waals surface area contributed by atoms with Crippen molar-refractivity contribution in [2.24, 2.45) is 39.4 Å². The standard InChI is InChI=1S/C34H53N3O3/c1-11-36-29(40)37-34(16-14-30(5,6)19-22(34)2)17-15-31(7,8)33(10)13-12-26-24(4)28(39)25(21-35)20-32(26,9)27(33)18-23(3)38/h18,20,22,24,26H,11-17,19H2,1-10H3,(H2,36,37,40)/b27-18-/t22?,24-,26-,32-,33+,34-/m0/s1. The van der Waals surface area contributed by atoms with Crippen LogP contribution >= 0.6 is 0 Å². The number of nitrogens with zero attached hydrogens (tertiary/aromatic N) is 1. The molecule has 0 spiro atoms. The first-order valence-corrected chi connectivity index (χ1v) is 15.3. The van der Waals surface area contributed by atoms with Crippen LogP contribution in [0, 0.1) is 50.7 Å². The normalized spacial score (nSPS) is 36.7. The molecular weight excluding hydrogens is 498 g/mol. The number of carbonyl (C=O) groups is 3. The van der Waals surface area contributed by atoms with Crippen molar-refractivity contribution in [3.63, 3.8) is 0 Å². The number of Topliss-reactive ketones (excluding diaryl/α,β-unsaturated/α-hetero) is 1. The van der Waals surface area contributed by atoms with Gasteiger partial charge < -0.3 is 10.6 Å². The van der Waals surface area contributed by atoms with Crippen molar-refractivity contribution in [1.82, 2.24) is 10.6 Å². The van der Waals surface area contributed by atoms with E-state index in [1.165, 1.54) is 0 Å². The van der Waals surface area contributed by atoms with Crippen molar-refractivity contribution in [1.29, 1.82) is 5.26 Å². The third-order valence-corrected chi connectivity index (χ3v) is 11.5. The second kappa shape index (κ2) is 11.1. The Morgan fingerprint density at radius 3 is 2.35 bits per heavy atom. The van der Waals surface area contributed by atoms with Gasteiger partial charge in [0.25, 0.3) is 0 Å². The third-order valence-electron chi connectivity index (χ3n) is 11.5. The molecular formula is C34H53N3O3. The van der Waals surface area contributed by atoms with Crippen molar-refractivity contribution < 1.29 is 14.4 Å². The number of amides is 2. The molecule has 1 unspecified atom stereocenters. The largest absolute Gasteiger partial charge is 0.338 e. The van der Waals surface area contributed by atoms with Gasteiger partial charge >= 0.3 is 6.03 Å². The van der Waals surface area contributed by atoms with E-state index in [4.69, 9.17) is 0 Å². The molecule has 222 valence electrons. The van der Waals surface area contributed by atoms with Crippen LogP contribution < -0.4 is 10.6 Å². The van der Waals surface area contributed by atoms with Crippen molar-refractivity contribution >= 4 is 17.6 Å². The molecule has 0 bridgehead atoms. The summed E-state index contributed by atoms with van der Waals surface area (Å²) in [5.41, 5.74) is 0.121. The number of urea groups is 1. The minimum absolute atomic E-state index is 0.00660. The minimum atomic E-state index is -0.548. The van der Waals surface area contributed by atoms with E-state index >= 15 is 0 Å². The number of nitriles is 1. The molecule has 0 aromatic rings. The molecule has 2 amide bonds. The lowest BCUT2D eigenvalue weighted by molar-refractivity contribution is -0.123. The summed E-state index contributed by atoms with van der Waals surface area (Å²) in [6, 6.07) is 2.05. The number of hydrogen-bond acceptors (Lipinski definition) is 4. The summed E-state index contributed by atoms with van der Waals surface area (Å²) in [5, 5.41) is 16.2. The molecule has 6 heteroatoms. The Hall–Kier alpha value is -2.42. The first-order chi connectivity index (χ1) is 18.4. The van der Waals surface area contributed by atoms with Crippen LogP contribution in [0.4, 0.5) is 4.79 Å². The molecule has 2 N–H and O–H groups in total. The van der Waals surface area contributed by atoms with Crippen molar-refractivity contribution in [2.75, 3.05) is 6.54 Å². The topological polar surface area (TPSA) is 99.1 Å². The molecule has 0 saturated heterocycles. The van der Waals surface area contributed by atoms with E-state index < -0.39 is 5.41 Å². The molecule has 0 aromatic heterocycles. The van der Waals surface area contributed by atoms with Gasteiger partial charge in [-0.15, -0.1) is 0 Å². The van der Waals surface area contributed by atoms with Gasteiger partial charge in [0.15, 0.2) is 11.6 Å². The summed E-state index contributed by atoms with van der Waals surface area (Å²) in [6.07, 6.45) is 10.2. The molecule has 2 saturated carbocycles. The fourth-order valence-corrected chi connectivity index (χ4v) is 8.53. The van der Waals surface area contributed by atoms with Crippen LogP contribution in [-0.4, -0.2) is 29.7 Å². The molecule has 6 atom stereocenters. The zero-order chi connectivity index (χ0) is 30.3. The molecule has 0 radical (unpaired) electrons. The zero-order valence-electron chi connectivity index (χ0n) is 26.7. The second-order valence-electron chi connectivity index (χ2n) is 15.0. The summed E-state index contributed by atoms with van der Waals surface area (Å²) in [4.78, 5) is 38.5. The second-order valence-corrected chi connectivity index (χ2v) is 15.0. The van der Waals surface area contributed by atoms with E-state index in [9.17, 15) is 19.6 Å². The molecule has 6 nitrogen and oxygen atoms in total. The van der Waals surface area contributed by atoms with E-state index in [1.807, 2.05) is 19.9 Å². The van der Waals surface area contributed by atoms with Crippen molar-refractivity contribution in [3.05, 3.63) is 23.3 Å². The van der Waals surface area contributed by atoms with Gasteiger partial charge in [-0.05, 0) is 93.0 Å². The Labute approximate surface area is 242 Å². The van der Waals surface area contributed by atoms with E-state index in [0.717, 1.165) is 50.5 Å². The maximum absolute atomic E-state index is 12.9. The van der Waals surface area contributed by atoms with Gasteiger partial charge in [-0.2, -0.15) is 5.26 Å². The van der Waals surface area contributed by atoms with Gasteiger partial charge in [-0.25, -0.2) is 4.79 Å². The van der Waals surface area contributed by atoms with Gasteiger partial charge in [0, 0.05) is 23.4 Å². The van der Waals surface area contributed by atoms with Gasteiger partial charge in [-0.1, -0.05) is 67.0 Å². The first-order valence-electron chi connectivity index (χ1n) is 15.3. The quantitative estimate of drug-likeness (QED) is 0.324. The molecule has 0 aliphatic heterocycles. The number of hydrogen-bond donors (Lipinski definition) is 2. The SMILES string of the molecule is CCNC(=O)N[C@]1(CCC(C)(C)[C@]2(C)CC[C@H]3[C@H](C)C(=O)C(C#N)=C[C@]3(C)/C2=C/C(C)=O)CCC(C)(C)CC1C. The van der Waals surface area contributed by atoms with Crippen LogP contribution in [0.25, 0.3) is 0 Å². The highest BCUT2D eigenvalue weighted by Gasteiger charge is 2.58. The van der Waals surface area contributed by atoms with Crippen LogP contribution in [-0.2, 0) is 9.59 Å². The number of ketones is 2. The van der Waals surface area contributed by atoms with Gasteiger partial charge in [0.1, 0.15) is 6.07 Å². The van der Waals surface area contributed by atoms with Crippen molar-refractivity contribution in [2.45, 2.75) is 120 Å². The van der Waals surface area contributed by atoms with E-state index in [0.29, 0.717) is 12.5 Å². The van der Waals surface area contributed by atoms with E-state index in [1.54, 1.807) is 13.0 Å².